The molecule has 1 heterocycles. The normalized spacial score (nSPS) is 17.8. The molecule has 1 unspecified atom stereocenters. The maximum atomic E-state index is 13.4. The second kappa shape index (κ2) is 9.01. The highest BCUT2D eigenvalue weighted by molar-refractivity contribution is 6.51. The molecular formula is C30H30ClNO3. The summed E-state index contributed by atoms with van der Waals surface area (Å²) in [5.41, 5.74) is 5.57. The molecule has 1 fully saturated rings. The number of Topliss-reactive ketones (excluding diaryl/α,β-unsaturated/α-hetero) is 1. The number of ketones is 1. The molecule has 3 aromatic carbocycles. The molecule has 4 nitrogen and oxygen atoms in total. The fourth-order valence-electron chi connectivity index (χ4n) is 4.45. The van der Waals surface area contributed by atoms with Crippen molar-refractivity contribution in [3.05, 3.63) is 105 Å². The van der Waals surface area contributed by atoms with Crippen LogP contribution in [0.2, 0.25) is 5.02 Å². The highest BCUT2D eigenvalue weighted by atomic mass is 35.5. The zero-order valence-corrected chi connectivity index (χ0v) is 21.7. The summed E-state index contributed by atoms with van der Waals surface area (Å²) in [6, 6.07) is 18.1. The van der Waals surface area contributed by atoms with Gasteiger partial charge in [-0.1, -0.05) is 80.4 Å². The highest BCUT2D eigenvalue weighted by Gasteiger charge is 2.47. The fraction of sp³-hybridized carbons (Fsp3) is 0.267. The lowest BCUT2D eigenvalue weighted by atomic mass is 9.85. The maximum absolute atomic E-state index is 13.4. The van der Waals surface area contributed by atoms with Crippen molar-refractivity contribution in [2.24, 2.45) is 0 Å². The molecule has 0 spiro atoms. The van der Waals surface area contributed by atoms with E-state index < -0.39 is 17.7 Å². The summed E-state index contributed by atoms with van der Waals surface area (Å²) in [6.07, 6.45) is 0. The fourth-order valence-corrected chi connectivity index (χ4v) is 4.62. The first-order valence-electron chi connectivity index (χ1n) is 11.7. The quantitative estimate of drug-likeness (QED) is 0.241. The summed E-state index contributed by atoms with van der Waals surface area (Å²) in [4.78, 5) is 28.3. The Morgan fingerprint density at radius 1 is 0.886 bits per heavy atom. The van der Waals surface area contributed by atoms with Gasteiger partial charge in [-0.2, -0.15) is 0 Å². The van der Waals surface area contributed by atoms with Crippen molar-refractivity contribution >= 4 is 34.7 Å². The number of rotatable bonds is 3. The second-order valence-electron chi connectivity index (χ2n) is 10.3. The average molecular weight is 488 g/mol. The van der Waals surface area contributed by atoms with Crippen LogP contribution in [0.15, 0.2) is 66.2 Å². The van der Waals surface area contributed by atoms with E-state index in [4.69, 9.17) is 11.6 Å². The monoisotopic (exact) mass is 487 g/mol. The molecular weight excluding hydrogens is 458 g/mol. The topological polar surface area (TPSA) is 57.6 Å². The maximum Gasteiger partial charge on any atom is 0.300 e. The van der Waals surface area contributed by atoms with E-state index in [1.54, 1.807) is 12.1 Å². The van der Waals surface area contributed by atoms with Gasteiger partial charge in [-0.15, -0.1) is 0 Å². The third kappa shape index (κ3) is 4.51. The first-order chi connectivity index (χ1) is 16.4. The van der Waals surface area contributed by atoms with Gasteiger partial charge in [0.25, 0.3) is 11.7 Å². The van der Waals surface area contributed by atoms with Crippen LogP contribution in [0, 0.1) is 20.8 Å². The van der Waals surface area contributed by atoms with E-state index in [0.29, 0.717) is 16.3 Å². The van der Waals surface area contributed by atoms with Gasteiger partial charge in [-0.25, -0.2) is 0 Å². The van der Waals surface area contributed by atoms with E-state index in [2.05, 4.69) is 20.8 Å². The number of anilines is 1. The first-order valence-corrected chi connectivity index (χ1v) is 12.0. The molecule has 1 N–H and O–H groups in total. The molecule has 1 atom stereocenters. The predicted molar refractivity (Wildman–Crippen MR) is 142 cm³/mol. The predicted octanol–water partition coefficient (Wildman–Crippen LogP) is 7.19. The number of hydrogen-bond donors (Lipinski definition) is 1. The number of halogens is 1. The molecule has 1 amide bonds. The van der Waals surface area contributed by atoms with Gasteiger partial charge in [0.05, 0.1) is 11.6 Å². The summed E-state index contributed by atoms with van der Waals surface area (Å²) >= 11 is 6.39. The van der Waals surface area contributed by atoms with E-state index >= 15 is 0 Å². The number of carbonyl (C=O) groups is 2. The zero-order valence-electron chi connectivity index (χ0n) is 20.9. The number of amides is 1. The van der Waals surface area contributed by atoms with Crippen LogP contribution in [0.25, 0.3) is 5.76 Å². The molecule has 1 aliphatic rings. The molecule has 0 aliphatic carbocycles. The molecule has 0 saturated carbocycles. The molecule has 0 bridgehead atoms. The number of benzene rings is 3. The van der Waals surface area contributed by atoms with Gasteiger partial charge in [0.2, 0.25) is 0 Å². The molecule has 0 aromatic heterocycles. The van der Waals surface area contributed by atoms with Gasteiger partial charge in [-0.05, 0) is 66.6 Å². The number of carbonyl (C=O) groups excluding carboxylic acids is 2. The number of aryl methyl sites for hydroxylation is 3. The highest BCUT2D eigenvalue weighted by Crippen LogP contribution is 2.43. The SMILES string of the molecule is Cc1ccc(C)c(/C(O)=C2\C(=O)C(=O)N(c3ccc(C)c(Cl)c3)C2c2ccc(C(C)(C)C)cc2)c1. The summed E-state index contributed by atoms with van der Waals surface area (Å²) in [7, 11) is 0. The molecule has 0 radical (unpaired) electrons. The lowest BCUT2D eigenvalue weighted by molar-refractivity contribution is -0.132. The second-order valence-corrected chi connectivity index (χ2v) is 10.7. The Kier molecular flexibility index (Phi) is 6.37. The summed E-state index contributed by atoms with van der Waals surface area (Å²) in [5.74, 6) is -1.58. The van der Waals surface area contributed by atoms with Crippen LogP contribution in [0.5, 0.6) is 0 Å². The van der Waals surface area contributed by atoms with Gasteiger partial charge in [0.1, 0.15) is 5.76 Å². The zero-order chi connectivity index (χ0) is 25.7. The van der Waals surface area contributed by atoms with Gasteiger partial charge in [0.15, 0.2) is 0 Å². The minimum absolute atomic E-state index is 0.0521. The Balaban J connectivity index is 1.97. The third-order valence-electron chi connectivity index (χ3n) is 6.62. The summed E-state index contributed by atoms with van der Waals surface area (Å²) in [6.45, 7) is 12.1. The van der Waals surface area contributed by atoms with Crippen LogP contribution < -0.4 is 4.90 Å². The van der Waals surface area contributed by atoms with Crippen LogP contribution in [-0.4, -0.2) is 16.8 Å². The van der Waals surface area contributed by atoms with Gasteiger partial charge in [0, 0.05) is 16.3 Å². The van der Waals surface area contributed by atoms with Crippen molar-refractivity contribution < 1.29 is 14.7 Å². The molecule has 1 saturated heterocycles. The Bertz CT molecular complexity index is 1360. The van der Waals surface area contributed by atoms with E-state index in [0.717, 1.165) is 27.8 Å². The third-order valence-corrected chi connectivity index (χ3v) is 7.03. The van der Waals surface area contributed by atoms with E-state index in [9.17, 15) is 14.7 Å². The minimum Gasteiger partial charge on any atom is -0.507 e. The Hall–Kier alpha value is -3.37. The Morgan fingerprint density at radius 2 is 1.51 bits per heavy atom. The lowest BCUT2D eigenvalue weighted by Crippen LogP contribution is -2.29. The van der Waals surface area contributed by atoms with Crippen molar-refractivity contribution in [2.45, 2.75) is 53.0 Å². The number of aliphatic hydroxyl groups excluding tert-OH is 1. The van der Waals surface area contributed by atoms with Crippen LogP contribution in [0.3, 0.4) is 0 Å². The van der Waals surface area contributed by atoms with E-state index in [-0.39, 0.29) is 16.7 Å². The van der Waals surface area contributed by atoms with Crippen molar-refractivity contribution in [3.8, 4) is 0 Å². The van der Waals surface area contributed by atoms with Gasteiger partial charge >= 0.3 is 0 Å². The molecule has 3 aromatic rings. The van der Waals surface area contributed by atoms with Crippen LogP contribution in [0.4, 0.5) is 5.69 Å². The molecule has 1 aliphatic heterocycles. The largest absolute Gasteiger partial charge is 0.507 e. The summed E-state index contributed by atoms with van der Waals surface area (Å²) < 4.78 is 0. The smallest absolute Gasteiger partial charge is 0.300 e. The summed E-state index contributed by atoms with van der Waals surface area (Å²) in [5, 5.41) is 11.9. The number of hydrogen-bond acceptors (Lipinski definition) is 3. The molecule has 35 heavy (non-hydrogen) atoms. The van der Waals surface area contributed by atoms with Gasteiger partial charge in [-0.3, -0.25) is 14.5 Å². The molecule has 5 heteroatoms. The first kappa shape index (κ1) is 24.7. The van der Waals surface area contributed by atoms with E-state index in [1.165, 1.54) is 4.90 Å². The van der Waals surface area contributed by atoms with Crippen molar-refractivity contribution in [3.63, 3.8) is 0 Å². The number of aliphatic hydroxyl groups is 1. The standard InChI is InChI=1S/C30H30ClNO3/c1-17-7-8-18(2)23(15-17)27(33)25-26(20-10-12-21(13-11-20)30(4,5)6)32(29(35)28(25)34)22-14-9-19(3)24(31)16-22/h7-16,26,33H,1-6H3/b27-25+. The average Bonchev–Trinajstić information content (AvgIpc) is 3.07. The van der Waals surface area contributed by atoms with Crippen LogP contribution >= 0.6 is 11.6 Å². The van der Waals surface area contributed by atoms with Crippen LogP contribution in [-0.2, 0) is 15.0 Å². The van der Waals surface area contributed by atoms with Gasteiger partial charge < -0.3 is 5.11 Å². The Morgan fingerprint density at radius 3 is 2.11 bits per heavy atom. The van der Waals surface area contributed by atoms with Crippen molar-refractivity contribution in [1.82, 2.24) is 0 Å². The van der Waals surface area contributed by atoms with E-state index in [1.807, 2.05) is 69.3 Å². The van der Waals surface area contributed by atoms with Crippen LogP contribution in [0.1, 0.15) is 60.2 Å². The minimum atomic E-state index is -0.789. The van der Waals surface area contributed by atoms with Crippen molar-refractivity contribution in [2.75, 3.05) is 4.90 Å². The molecule has 4 rings (SSSR count). The lowest BCUT2D eigenvalue weighted by Gasteiger charge is -2.27. The van der Waals surface area contributed by atoms with Crippen molar-refractivity contribution in [1.29, 1.82) is 0 Å². The Labute approximate surface area is 211 Å². The molecule has 180 valence electrons. The number of nitrogens with zero attached hydrogens (tertiary/aromatic N) is 1.